The van der Waals surface area contributed by atoms with Crippen LogP contribution in [0, 0.1) is 23.2 Å². The lowest BCUT2D eigenvalue weighted by Gasteiger charge is -2.54. The highest BCUT2D eigenvalue weighted by molar-refractivity contribution is 5.13. The summed E-state index contributed by atoms with van der Waals surface area (Å²) in [7, 11) is 0. The van der Waals surface area contributed by atoms with E-state index in [0.29, 0.717) is 5.41 Å². The van der Waals surface area contributed by atoms with Crippen LogP contribution < -0.4 is 0 Å². The first kappa shape index (κ1) is 10.3. The molecule has 0 bridgehead atoms. The molecule has 2 aliphatic carbocycles. The van der Waals surface area contributed by atoms with E-state index in [9.17, 15) is 0 Å². The van der Waals surface area contributed by atoms with Crippen molar-refractivity contribution < 1.29 is 0 Å². The molecule has 0 aromatic heterocycles. The van der Waals surface area contributed by atoms with Crippen molar-refractivity contribution in [3.8, 4) is 0 Å². The quantitative estimate of drug-likeness (QED) is 0.499. The smallest absolute Gasteiger partial charge is 0.0167 e. The van der Waals surface area contributed by atoms with Gasteiger partial charge in [0.1, 0.15) is 0 Å². The van der Waals surface area contributed by atoms with Gasteiger partial charge in [-0.25, -0.2) is 0 Å². The molecule has 2 saturated carbocycles. The predicted octanol–water partition coefficient (Wildman–Crippen LogP) is 4.42. The first-order valence-corrected chi connectivity index (χ1v) is 6.18. The highest BCUT2D eigenvalue weighted by Crippen LogP contribution is 2.57. The Morgan fingerprint density at radius 1 is 1.21 bits per heavy atom. The third kappa shape index (κ3) is 1.64. The Bertz CT molecular complexity index is 236. The van der Waals surface area contributed by atoms with Crippen LogP contribution in [0.5, 0.6) is 0 Å². The molecule has 0 nitrogen and oxygen atoms in total. The number of rotatable bonds is 0. The van der Waals surface area contributed by atoms with E-state index in [0.717, 1.165) is 17.8 Å². The Balaban J connectivity index is 2.07. The Morgan fingerprint density at radius 3 is 2.57 bits per heavy atom. The molecule has 0 amide bonds. The van der Waals surface area contributed by atoms with Gasteiger partial charge in [0.25, 0.3) is 0 Å². The second-order valence-corrected chi connectivity index (χ2v) is 6.29. The SMILES string of the molecule is C=C1CCC(C)CCC2C1CC2(C)C. The Morgan fingerprint density at radius 2 is 1.93 bits per heavy atom. The van der Waals surface area contributed by atoms with Gasteiger partial charge in [0.2, 0.25) is 0 Å². The number of fused-ring (bicyclic) bond motifs is 1. The summed E-state index contributed by atoms with van der Waals surface area (Å²) < 4.78 is 0. The van der Waals surface area contributed by atoms with Gasteiger partial charge in [-0.1, -0.05) is 39.3 Å². The minimum absolute atomic E-state index is 0.602. The van der Waals surface area contributed by atoms with Crippen molar-refractivity contribution in [2.45, 2.75) is 52.9 Å². The summed E-state index contributed by atoms with van der Waals surface area (Å²) in [6, 6.07) is 0. The molecule has 0 N–H and O–H groups in total. The number of hydrogen-bond donors (Lipinski definition) is 0. The van der Waals surface area contributed by atoms with E-state index in [1.165, 1.54) is 32.1 Å². The van der Waals surface area contributed by atoms with Gasteiger partial charge in [-0.2, -0.15) is 0 Å². The average Bonchev–Trinajstić information content (AvgIpc) is 2.09. The van der Waals surface area contributed by atoms with Gasteiger partial charge in [-0.15, -0.1) is 0 Å². The molecule has 0 aromatic carbocycles. The third-order valence-electron chi connectivity index (χ3n) is 4.69. The molecule has 3 unspecified atom stereocenters. The van der Waals surface area contributed by atoms with E-state index >= 15 is 0 Å². The Labute approximate surface area is 88.8 Å². The number of allylic oxidation sites excluding steroid dienone is 1. The van der Waals surface area contributed by atoms with Gasteiger partial charge in [-0.05, 0) is 48.9 Å². The van der Waals surface area contributed by atoms with Crippen LogP contribution in [0.15, 0.2) is 12.2 Å². The zero-order valence-corrected chi connectivity index (χ0v) is 9.97. The summed E-state index contributed by atoms with van der Waals surface area (Å²) >= 11 is 0. The summed E-state index contributed by atoms with van der Waals surface area (Å²) in [6.45, 7) is 11.6. The maximum Gasteiger partial charge on any atom is -0.0167 e. The van der Waals surface area contributed by atoms with Crippen molar-refractivity contribution in [1.82, 2.24) is 0 Å². The molecule has 0 heteroatoms. The summed E-state index contributed by atoms with van der Waals surface area (Å²) in [5.74, 6) is 2.74. The normalized spacial score (nSPS) is 41.9. The Kier molecular flexibility index (Phi) is 2.49. The second kappa shape index (κ2) is 3.40. The van der Waals surface area contributed by atoms with Crippen LogP contribution >= 0.6 is 0 Å². The molecule has 0 heterocycles. The van der Waals surface area contributed by atoms with E-state index in [1.54, 1.807) is 5.57 Å². The number of hydrogen-bond acceptors (Lipinski definition) is 0. The fraction of sp³-hybridized carbons (Fsp3) is 0.857. The molecule has 0 aliphatic heterocycles. The van der Waals surface area contributed by atoms with Crippen molar-refractivity contribution in [3.63, 3.8) is 0 Å². The van der Waals surface area contributed by atoms with E-state index < -0.39 is 0 Å². The Hall–Kier alpha value is -0.260. The summed E-state index contributed by atoms with van der Waals surface area (Å²) in [6.07, 6.45) is 6.95. The summed E-state index contributed by atoms with van der Waals surface area (Å²) in [5, 5.41) is 0. The fourth-order valence-electron chi connectivity index (χ4n) is 3.49. The van der Waals surface area contributed by atoms with Crippen LogP contribution in [0.4, 0.5) is 0 Å². The molecule has 80 valence electrons. The largest absolute Gasteiger partial charge is 0.0996 e. The van der Waals surface area contributed by atoms with Gasteiger partial charge in [0.15, 0.2) is 0 Å². The molecule has 14 heavy (non-hydrogen) atoms. The van der Waals surface area contributed by atoms with Crippen molar-refractivity contribution in [2.24, 2.45) is 23.2 Å². The maximum absolute atomic E-state index is 4.30. The zero-order valence-electron chi connectivity index (χ0n) is 9.97. The predicted molar refractivity (Wildman–Crippen MR) is 62.2 cm³/mol. The van der Waals surface area contributed by atoms with E-state index in [1.807, 2.05) is 0 Å². The van der Waals surface area contributed by atoms with Gasteiger partial charge < -0.3 is 0 Å². The van der Waals surface area contributed by atoms with Gasteiger partial charge in [-0.3, -0.25) is 0 Å². The van der Waals surface area contributed by atoms with Crippen molar-refractivity contribution >= 4 is 0 Å². The summed E-state index contributed by atoms with van der Waals surface area (Å²) in [5.41, 5.74) is 2.16. The van der Waals surface area contributed by atoms with Gasteiger partial charge in [0.05, 0.1) is 0 Å². The van der Waals surface area contributed by atoms with Crippen LogP contribution in [-0.4, -0.2) is 0 Å². The van der Waals surface area contributed by atoms with Crippen molar-refractivity contribution in [1.29, 1.82) is 0 Å². The molecular formula is C14H24. The molecule has 3 atom stereocenters. The molecule has 0 spiro atoms. The average molecular weight is 192 g/mol. The standard InChI is InChI=1S/C14H24/c1-10-5-7-11(2)12-9-14(3,4)13(12)8-6-10/h10,12-13H,2,5-9H2,1,3-4H3. The highest BCUT2D eigenvalue weighted by Gasteiger charge is 2.47. The maximum atomic E-state index is 4.30. The zero-order chi connectivity index (χ0) is 10.3. The van der Waals surface area contributed by atoms with Gasteiger partial charge >= 0.3 is 0 Å². The highest BCUT2D eigenvalue weighted by atomic mass is 14.5. The lowest BCUT2D eigenvalue weighted by atomic mass is 9.51. The monoisotopic (exact) mass is 192 g/mol. The van der Waals surface area contributed by atoms with Crippen LogP contribution in [0.2, 0.25) is 0 Å². The fourth-order valence-corrected chi connectivity index (χ4v) is 3.49. The molecule has 2 aliphatic rings. The minimum atomic E-state index is 0.602. The molecule has 2 rings (SSSR count). The van der Waals surface area contributed by atoms with Crippen molar-refractivity contribution in [2.75, 3.05) is 0 Å². The lowest BCUT2D eigenvalue weighted by molar-refractivity contribution is -0.00586. The topological polar surface area (TPSA) is 0 Å². The molecule has 0 saturated heterocycles. The lowest BCUT2D eigenvalue weighted by Crippen LogP contribution is -2.45. The van der Waals surface area contributed by atoms with E-state index in [-0.39, 0.29) is 0 Å². The molecule has 2 fully saturated rings. The van der Waals surface area contributed by atoms with Crippen LogP contribution in [0.1, 0.15) is 52.9 Å². The third-order valence-corrected chi connectivity index (χ3v) is 4.69. The molecular weight excluding hydrogens is 168 g/mol. The van der Waals surface area contributed by atoms with Crippen molar-refractivity contribution in [3.05, 3.63) is 12.2 Å². The first-order chi connectivity index (χ1) is 6.50. The van der Waals surface area contributed by atoms with Crippen LogP contribution in [0.25, 0.3) is 0 Å². The molecule has 0 radical (unpaired) electrons. The first-order valence-electron chi connectivity index (χ1n) is 6.18. The van der Waals surface area contributed by atoms with E-state index in [4.69, 9.17) is 0 Å². The molecule has 0 aromatic rings. The van der Waals surface area contributed by atoms with Crippen LogP contribution in [-0.2, 0) is 0 Å². The van der Waals surface area contributed by atoms with Crippen LogP contribution in [0.3, 0.4) is 0 Å². The second-order valence-electron chi connectivity index (χ2n) is 6.29. The van der Waals surface area contributed by atoms with Gasteiger partial charge in [0, 0.05) is 0 Å². The minimum Gasteiger partial charge on any atom is -0.0996 e. The van der Waals surface area contributed by atoms with E-state index in [2.05, 4.69) is 27.4 Å². The summed E-state index contributed by atoms with van der Waals surface area (Å²) in [4.78, 5) is 0.